The van der Waals surface area contributed by atoms with Crippen LogP contribution in [-0.2, 0) is 16.1 Å². The SMILES string of the molecule is CC(O)C1CCCN(C(=O)C(=O)NCc2ccc(F)cc2)C1. The second kappa shape index (κ2) is 7.35. The summed E-state index contributed by atoms with van der Waals surface area (Å²) >= 11 is 0. The van der Waals surface area contributed by atoms with Crippen LogP contribution in [0.15, 0.2) is 24.3 Å². The highest BCUT2D eigenvalue weighted by Gasteiger charge is 2.29. The fourth-order valence-electron chi connectivity index (χ4n) is 2.59. The molecule has 6 heteroatoms. The fraction of sp³-hybridized carbons (Fsp3) is 0.500. The number of likely N-dealkylation sites (tertiary alicyclic amines) is 1. The van der Waals surface area contributed by atoms with Gasteiger partial charge in [0.2, 0.25) is 0 Å². The molecule has 1 fully saturated rings. The maximum Gasteiger partial charge on any atom is 0.311 e. The molecule has 2 rings (SSSR count). The van der Waals surface area contributed by atoms with Gasteiger partial charge in [-0.1, -0.05) is 12.1 Å². The Labute approximate surface area is 129 Å². The second-order valence-corrected chi connectivity index (χ2v) is 5.70. The maximum absolute atomic E-state index is 12.8. The van der Waals surface area contributed by atoms with Crippen LogP contribution in [0.1, 0.15) is 25.3 Å². The van der Waals surface area contributed by atoms with E-state index in [0.717, 1.165) is 18.4 Å². The van der Waals surface area contributed by atoms with Crippen LogP contribution >= 0.6 is 0 Å². The molecule has 0 saturated carbocycles. The number of rotatable bonds is 3. The lowest BCUT2D eigenvalue weighted by molar-refractivity contribution is -0.147. The van der Waals surface area contributed by atoms with E-state index in [1.807, 2.05) is 0 Å². The Bertz CT molecular complexity index is 531. The highest BCUT2D eigenvalue weighted by molar-refractivity contribution is 6.34. The van der Waals surface area contributed by atoms with Crippen molar-refractivity contribution in [1.29, 1.82) is 0 Å². The van der Waals surface area contributed by atoms with E-state index in [1.54, 1.807) is 19.1 Å². The molecule has 22 heavy (non-hydrogen) atoms. The zero-order valence-corrected chi connectivity index (χ0v) is 12.6. The number of nitrogens with one attached hydrogen (secondary N) is 1. The number of benzene rings is 1. The van der Waals surface area contributed by atoms with E-state index in [0.29, 0.717) is 13.1 Å². The van der Waals surface area contributed by atoms with Crippen molar-refractivity contribution >= 4 is 11.8 Å². The number of piperidine rings is 1. The topological polar surface area (TPSA) is 69.6 Å². The number of nitrogens with zero attached hydrogens (tertiary/aromatic N) is 1. The number of hydrogen-bond donors (Lipinski definition) is 2. The third kappa shape index (κ3) is 4.27. The number of hydrogen-bond acceptors (Lipinski definition) is 3. The normalized spacial score (nSPS) is 19.6. The Morgan fingerprint density at radius 3 is 2.73 bits per heavy atom. The van der Waals surface area contributed by atoms with Gasteiger partial charge in [-0.2, -0.15) is 0 Å². The van der Waals surface area contributed by atoms with Crippen LogP contribution in [0.2, 0.25) is 0 Å². The molecule has 1 heterocycles. The predicted molar refractivity (Wildman–Crippen MR) is 79.2 cm³/mol. The standard InChI is InChI=1S/C16H21FN2O3/c1-11(20)13-3-2-8-19(10-13)16(22)15(21)18-9-12-4-6-14(17)7-5-12/h4-7,11,13,20H,2-3,8-10H2,1H3,(H,18,21). The van der Waals surface area contributed by atoms with Crippen LogP contribution in [0.25, 0.3) is 0 Å². The molecule has 1 saturated heterocycles. The number of carbonyl (C=O) groups is 2. The Morgan fingerprint density at radius 2 is 2.09 bits per heavy atom. The molecule has 2 atom stereocenters. The van der Waals surface area contributed by atoms with Crippen molar-refractivity contribution in [2.45, 2.75) is 32.4 Å². The molecule has 1 aliphatic rings. The van der Waals surface area contributed by atoms with Crippen LogP contribution < -0.4 is 5.32 Å². The summed E-state index contributed by atoms with van der Waals surface area (Å²) in [6.07, 6.45) is 1.16. The summed E-state index contributed by atoms with van der Waals surface area (Å²) in [5.74, 6) is -1.57. The molecule has 0 aliphatic carbocycles. The average molecular weight is 308 g/mol. The molecule has 5 nitrogen and oxygen atoms in total. The molecule has 0 spiro atoms. The van der Waals surface area contributed by atoms with Gasteiger partial charge in [0.1, 0.15) is 5.82 Å². The molecule has 0 radical (unpaired) electrons. The van der Waals surface area contributed by atoms with Crippen molar-refractivity contribution in [1.82, 2.24) is 10.2 Å². The van der Waals surface area contributed by atoms with Crippen LogP contribution in [0.3, 0.4) is 0 Å². The van der Waals surface area contributed by atoms with Gasteiger partial charge in [-0.05, 0) is 37.5 Å². The number of carbonyl (C=O) groups excluding carboxylic acids is 2. The summed E-state index contributed by atoms with van der Waals surface area (Å²) in [4.78, 5) is 25.5. The Morgan fingerprint density at radius 1 is 1.41 bits per heavy atom. The molecule has 2 N–H and O–H groups in total. The van der Waals surface area contributed by atoms with E-state index in [9.17, 15) is 19.1 Å². The molecule has 120 valence electrons. The first-order chi connectivity index (χ1) is 10.5. The molecule has 1 aromatic carbocycles. The molecular weight excluding hydrogens is 287 g/mol. The van der Waals surface area contributed by atoms with Gasteiger partial charge in [0.05, 0.1) is 6.10 Å². The smallest absolute Gasteiger partial charge is 0.311 e. The van der Waals surface area contributed by atoms with E-state index in [1.165, 1.54) is 17.0 Å². The van der Waals surface area contributed by atoms with E-state index >= 15 is 0 Å². The minimum absolute atomic E-state index is 0.0163. The fourth-order valence-corrected chi connectivity index (χ4v) is 2.59. The summed E-state index contributed by atoms with van der Waals surface area (Å²) < 4.78 is 12.8. The van der Waals surface area contributed by atoms with E-state index in [2.05, 4.69) is 5.32 Å². The second-order valence-electron chi connectivity index (χ2n) is 5.70. The number of aliphatic hydroxyl groups is 1. The highest BCUT2D eigenvalue weighted by atomic mass is 19.1. The minimum Gasteiger partial charge on any atom is -0.393 e. The van der Waals surface area contributed by atoms with Gasteiger partial charge < -0.3 is 15.3 Å². The van der Waals surface area contributed by atoms with Crippen molar-refractivity contribution in [2.24, 2.45) is 5.92 Å². The number of halogens is 1. The first-order valence-corrected chi connectivity index (χ1v) is 7.47. The molecule has 1 aliphatic heterocycles. The van der Waals surface area contributed by atoms with Crippen LogP contribution in [0.4, 0.5) is 4.39 Å². The summed E-state index contributed by atoms with van der Waals surface area (Å²) in [6.45, 7) is 2.82. The zero-order valence-electron chi connectivity index (χ0n) is 12.6. The van der Waals surface area contributed by atoms with Gasteiger partial charge in [-0.25, -0.2) is 4.39 Å². The quantitative estimate of drug-likeness (QED) is 0.821. The van der Waals surface area contributed by atoms with Crippen LogP contribution in [0, 0.1) is 11.7 Å². The van der Waals surface area contributed by atoms with Gasteiger partial charge in [-0.3, -0.25) is 9.59 Å². The molecule has 2 unspecified atom stereocenters. The largest absolute Gasteiger partial charge is 0.393 e. The summed E-state index contributed by atoms with van der Waals surface area (Å²) in [5.41, 5.74) is 0.725. The van der Waals surface area contributed by atoms with Gasteiger partial charge in [0.15, 0.2) is 0 Å². The van der Waals surface area contributed by atoms with E-state index < -0.39 is 17.9 Å². The van der Waals surface area contributed by atoms with Crippen molar-refractivity contribution in [3.8, 4) is 0 Å². The first-order valence-electron chi connectivity index (χ1n) is 7.47. The Hall–Kier alpha value is -1.95. The van der Waals surface area contributed by atoms with Crippen molar-refractivity contribution in [3.63, 3.8) is 0 Å². The van der Waals surface area contributed by atoms with Crippen molar-refractivity contribution in [2.75, 3.05) is 13.1 Å². The van der Waals surface area contributed by atoms with Crippen molar-refractivity contribution < 1.29 is 19.1 Å². The zero-order chi connectivity index (χ0) is 16.1. The average Bonchev–Trinajstić information content (AvgIpc) is 2.53. The number of amides is 2. The third-order valence-electron chi connectivity index (χ3n) is 3.99. The molecule has 0 bridgehead atoms. The van der Waals surface area contributed by atoms with Gasteiger partial charge >= 0.3 is 11.8 Å². The molecule has 1 aromatic rings. The Balaban J connectivity index is 1.86. The predicted octanol–water partition coefficient (Wildman–Crippen LogP) is 1.06. The van der Waals surface area contributed by atoms with Gasteiger partial charge in [-0.15, -0.1) is 0 Å². The van der Waals surface area contributed by atoms with Gasteiger partial charge in [0.25, 0.3) is 0 Å². The summed E-state index contributed by atoms with van der Waals surface area (Å²) in [6, 6.07) is 5.73. The third-order valence-corrected chi connectivity index (χ3v) is 3.99. The van der Waals surface area contributed by atoms with E-state index in [-0.39, 0.29) is 18.3 Å². The lowest BCUT2D eigenvalue weighted by atomic mass is 9.93. The van der Waals surface area contributed by atoms with Crippen LogP contribution in [0.5, 0.6) is 0 Å². The highest BCUT2D eigenvalue weighted by Crippen LogP contribution is 2.19. The molecular formula is C16H21FN2O3. The van der Waals surface area contributed by atoms with Crippen LogP contribution in [-0.4, -0.2) is 41.0 Å². The first kappa shape index (κ1) is 16.4. The molecule has 2 amide bonds. The minimum atomic E-state index is -0.671. The summed E-state index contributed by atoms with van der Waals surface area (Å²) in [5, 5.41) is 12.2. The lowest BCUT2D eigenvalue weighted by Crippen LogP contribution is -2.48. The monoisotopic (exact) mass is 308 g/mol. The lowest BCUT2D eigenvalue weighted by Gasteiger charge is -2.33. The summed E-state index contributed by atoms with van der Waals surface area (Å²) in [7, 11) is 0. The Kier molecular flexibility index (Phi) is 5.49. The van der Waals surface area contributed by atoms with E-state index in [4.69, 9.17) is 0 Å². The van der Waals surface area contributed by atoms with Gasteiger partial charge in [0, 0.05) is 25.6 Å². The maximum atomic E-state index is 12.8. The van der Waals surface area contributed by atoms with Crippen molar-refractivity contribution in [3.05, 3.63) is 35.6 Å². The molecule has 0 aromatic heterocycles. The number of aliphatic hydroxyl groups excluding tert-OH is 1.